The lowest BCUT2D eigenvalue weighted by Crippen LogP contribution is -2.58. The number of nitrogens with one attached hydrogen (secondary N) is 2. The number of carbonyl (C=O) groups excluding carboxylic acids is 3. The molecule has 3 amide bonds. The van der Waals surface area contributed by atoms with Crippen molar-refractivity contribution >= 4 is 23.4 Å². The summed E-state index contributed by atoms with van der Waals surface area (Å²) in [5.74, 6) is -1.06. The smallest absolute Gasteiger partial charge is 0.246 e. The SMILES string of the molecule is CCCCN(C)CCCN1C(=O)[C@H]2[C@H](C(=O)Nc3cc(C)cc(C)c3)[C@H]3C=C[C@@]2(O3)[C@@H]1C(=O)N[C@@H]1CCC[C@H](C)[C@H]1C. The highest BCUT2D eigenvalue weighted by atomic mass is 16.5. The van der Waals surface area contributed by atoms with Crippen LogP contribution >= 0.6 is 0 Å². The van der Waals surface area contributed by atoms with E-state index in [4.69, 9.17) is 4.74 Å². The second kappa shape index (κ2) is 12.5. The molecule has 2 bridgehead atoms. The van der Waals surface area contributed by atoms with Crippen molar-refractivity contribution in [3.05, 3.63) is 41.5 Å². The zero-order chi connectivity index (χ0) is 30.2. The summed E-state index contributed by atoms with van der Waals surface area (Å²) in [6.45, 7) is 12.9. The van der Waals surface area contributed by atoms with Gasteiger partial charge in [0.2, 0.25) is 17.7 Å². The molecule has 230 valence electrons. The number of ether oxygens (including phenoxy) is 1. The van der Waals surface area contributed by atoms with Crippen molar-refractivity contribution in [2.75, 3.05) is 32.0 Å². The molecule has 8 atom stereocenters. The Labute approximate surface area is 251 Å². The lowest BCUT2D eigenvalue weighted by Gasteiger charge is -2.38. The fourth-order valence-electron chi connectivity index (χ4n) is 7.88. The van der Waals surface area contributed by atoms with E-state index >= 15 is 0 Å². The number of anilines is 1. The Kier molecular flexibility index (Phi) is 9.14. The number of fused-ring (bicyclic) bond motifs is 1. The van der Waals surface area contributed by atoms with E-state index in [0.29, 0.717) is 24.1 Å². The van der Waals surface area contributed by atoms with Gasteiger partial charge in [-0.25, -0.2) is 0 Å². The molecule has 3 heterocycles. The Bertz CT molecular complexity index is 1200. The van der Waals surface area contributed by atoms with Crippen LogP contribution in [0.3, 0.4) is 0 Å². The monoisotopic (exact) mass is 578 g/mol. The van der Waals surface area contributed by atoms with Crippen LogP contribution in [-0.2, 0) is 19.1 Å². The molecule has 5 rings (SSSR count). The molecule has 3 aliphatic heterocycles. The van der Waals surface area contributed by atoms with Gasteiger partial charge in [-0.05, 0) is 88.3 Å². The van der Waals surface area contributed by atoms with Crippen molar-refractivity contribution in [1.29, 1.82) is 0 Å². The normalized spacial score (nSPS) is 33.4. The summed E-state index contributed by atoms with van der Waals surface area (Å²) in [6.07, 6.45) is 9.48. The third-order valence-electron chi connectivity index (χ3n) is 10.3. The van der Waals surface area contributed by atoms with E-state index in [1.54, 1.807) is 4.90 Å². The average molecular weight is 579 g/mol. The maximum absolute atomic E-state index is 14.3. The first-order valence-electron chi connectivity index (χ1n) is 16.1. The molecular weight excluding hydrogens is 528 g/mol. The first-order valence-corrected chi connectivity index (χ1v) is 16.1. The zero-order valence-corrected chi connectivity index (χ0v) is 26.3. The maximum atomic E-state index is 14.3. The summed E-state index contributed by atoms with van der Waals surface area (Å²) in [5, 5.41) is 6.41. The molecule has 1 aromatic rings. The number of hydrogen-bond acceptors (Lipinski definition) is 5. The average Bonchev–Trinajstić information content (AvgIpc) is 3.57. The van der Waals surface area contributed by atoms with Crippen molar-refractivity contribution in [3.63, 3.8) is 0 Å². The van der Waals surface area contributed by atoms with Gasteiger partial charge in [-0.3, -0.25) is 14.4 Å². The lowest BCUT2D eigenvalue weighted by atomic mass is 9.73. The van der Waals surface area contributed by atoms with Crippen LogP contribution in [0.2, 0.25) is 0 Å². The van der Waals surface area contributed by atoms with Crippen LogP contribution < -0.4 is 10.6 Å². The summed E-state index contributed by atoms with van der Waals surface area (Å²) in [6, 6.07) is 5.21. The standard InChI is InChI=1S/C34H50N4O4/c1-7-8-15-37(6)16-10-17-38-30(32(40)36-26-12-9-11-23(4)24(26)5)34-14-13-27(42-34)28(29(34)33(38)41)31(39)35-25-19-21(2)18-22(3)20-25/h13-14,18-20,23-24,26-30H,7-12,15-17H2,1-6H3,(H,35,39)(H,36,40)/t23-,24+,26+,27+,28+,29+,30-,34-/m0/s1. The number of nitrogens with zero attached hydrogens (tertiary/aromatic N) is 2. The van der Waals surface area contributed by atoms with Crippen LogP contribution in [0.5, 0.6) is 0 Å². The number of rotatable bonds is 11. The quantitative estimate of drug-likeness (QED) is 0.379. The third-order valence-corrected chi connectivity index (χ3v) is 10.3. The van der Waals surface area contributed by atoms with Gasteiger partial charge in [0.15, 0.2) is 0 Å². The van der Waals surface area contributed by atoms with Crippen molar-refractivity contribution in [1.82, 2.24) is 15.1 Å². The maximum Gasteiger partial charge on any atom is 0.246 e. The van der Waals surface area contributed by atoms with Gasteiger partial charge in [0.05, 0.1) is 17.9 Å². The molecule has 2 N–H and O–H groups in total. The highest BCUT2D eigenvalue weighted by Crippen LogP contribution is 2.55. The molecule has 0 radical (unpaired) electrons. The fraction of sp³-hybridized carbons (Fsp3) is 0.676. The Balaban J connectivity index is 1.40. The predicted molar refractivity (Wildman–Crippen MR) is 165 cm³/mol. The zero-order valence-electron chi connectivity index (χ0n) is 26.3. The van der Waals surface area contributed by atoms with Gasteiger partial charge in [-0.15, -0.1) is 0 Å². The van der Waals surface area contributed by atoms with Gasteiger partial charge in [0, 0.05) is 18.3 Å². The minimum atomic E-state index is -1.13. The van der Waals surface area contributed by atoms with Crippen molar-refractivity contribution in [3.8, 4) is 0 Å². The summed E-state index contributed by atoms with van der Waals surface area (Å²) >= 11 is 0. The number of carbonyl (C=O) groups is 3. The molecule has 42 heavy (non-hydrogen) atoms. The van der Waals surface area contributed by atoms with E-state index in [9.17, 15) is 14.4 Å². The second-order valence-electron chi connectivity index (χ2n) is 13.5. The molecule has 2 saturated heterocycles. The van der Waals surface area contributed by atoms with Gasteiger partial charge >= 0.3 is 0 Å². The van der Waals surface area contributed by atoms with E-state index in [-0.39, 0.29) is 23.8 Å². The van der Waals surface area contributed by atoms with Gasteiger partial charge in [-0.1, -0.05) is 58.3 Å². The first kappa shape index (κ1) is 30.7. The minimum absolute atomic E-state index is 0.0695. The van der Waals surface area contributed by atoms with Crippen molar-refractivity contribution in [2.45, 2.75) is 96.9 Å². The third kappa shape index (κ3) is 5.77. The van der Waals surface area contributed by atoms with Gasteiger partial charge in [0.1, 0.15) is 11.6 Å². The van der Waals surface area contributed by atoms with E-state index in [0.717, 1.165) is 56.3 Å². The van der Waals surface area contributed by atoms with Crippen LogP contribution in [-0.4, -0.2) is 78.0 Å². The summed E-state index contributed by atoms with van der Waals surface area (Å²) in [4.78, 5) is 46.3. The second-order valence-corrected chi connectivity index (χ2v) is 13.5. The number of hydrogen-bond donors (Lipinski definition) is 2. The lowest BCUT2D eigenvalue weighted by molar-refractivity contribution is -0.141. The van der Waals surface area contributed by atoms with E-state index in [1.807, 2.05) is 38.1 Å². The fourth-order valence-corrected chi connectivity index (χ4v) is 7.88. The highest BCUT2D eigenvalue weighted by Gasteiger charge is 2.72. The van der Waals surface area contributed by atoms with Crippen LogP contribution in [0.1, 0.15) is 70.4 Å². The van der Waals surface area contributed by atoms with Crippen LogP contribution in [0.15, 0.2) is 30.4 Å². The molecule has 1 spiro atoms. The number of benzene rings is 1. The number of unbranched alkanes of at least 4 members (excludes halogenated alkanes) is 1. The molecule has 1 aliphatic carbocycles. The van der Waals surface area contributed by atoms with Crippen LogP contribution in [0.4, 0.5) is 5.69 Å². The first-order chi connectivity index (χ1) is 20.1. The van der Waals surface area contributed by atoms with E-state index < -0.39 is 29.6 Å². The van der Waals surface area contributed by atoms with Crippen molar-refractivity contribution in [2.24, 2.45) is 23.7 Å². The molecule has 0 aromatic heterocycles. The number of amides is 3. The van der Waals surface area contributed by atoms with E-state index in [1.165, 1.54) is 6.42 Å². The minimum Gasteiger partial charge on any atom is -0.359 e. The Morgan fingerprint density at radius 1 is 1.07 bits per heavy atom. The Morgan fingerprint density at radius 3 is 2.50 bits per heavy atom. The Morgan fingerprint density at radius 2 is 1.79 bits per heavy atom. The van der Waals surface area contributed by atoms with Gasteiger partial charge < -0.3 is 25.2 Å². The van der Waals surface area contributed by atoms with Gasteiger partial charge in [-0.2, -0.15) is 0 Å². The summed E-state index contributed by atoms with van der Waals surface area (Å²) in [5.41, 5.74) is 1.70. The molecule has 1 aromatic carbocycles. The van der Waals surface area contributed by atoms with Crippen molar-refractivity contribution < 1.29 is 19.1 Å². The molecule has 8 heteroatoms. The molecular formula is C34H50N4O4. The summed E-state index contributed by atoms with van der Waals surface area (Å²) in [7, 11) is 2.10. The molecule has 8 nitrogen and oxygen atoms in total. The topological polar surface area (TPSA) is 91.0 Å². The van der Waals surface area contributed by atoms with Crippen LogP contribution in [0.25, 0.3) is 0 Å². The molecule has 4 aliphatic rings. The number of aryl methyl sites for hydroxylation is 2. The van der Waals surface area contributed by atoms with E-state index in [2.05, 4.69) is 49.4 Å². The predicted octanol–water partition coefficient (Wildman–Crippen LogP) is 4.46. The Hall–Kier alpha value is -2.71. The largest absolute Gasteiger partial charge is 0.359 e. The molecule has 3 fully saturated rings. The van der Waals surface area contributed by atoms with Gasteiger partial charge in [0.25, 0.3) is 0 Å². The summed E-state index contributed by atoms with van der Waals surface area (Å²) < 4.78 is 6.55. The molecule has 0 unspecified atom stereocenters. The molecule has 1 saturated carbocycles. The highest BCUT2D eigenvalue weighted by molar-refractivity contribution is 6.02. The number of likely N-dealkylation sites (tertiary alicyclic amines) is 1. The van der Waals surface area contributed by atoms with Crippen LogP contribution in [0, 0.1) is 37.5 Å².